The van der Waals surface area contributed by atoms with Crippen LogP contribution in [0.4, 0.5) is 0 Å². The van der Waals surface area contributed by atoms with Gasteiger partial charge in [0, 0.05) is 12.6 Å². The summed E-state index contributed by atoms with van der Waals surface area (Å²) in [5.41, 5.74) is 0. The molecule has 0 spiro atoms. The van der Waals surface area contributed by atoms with Crippen molar-refractivity contribution in [3.8, 4) is 0 Å². The normalized spacial score (nSPS) is 24.4. The van der Waals surface area contributed by atoms with E-state index in [4.69, 9.17) is 0 Å². The molecule has 4 heteroatoms. The van der Waals surface area contributed by atoms with Gasteiger partial charge in [0.2, 0.25) is 0 Å². The molecule has 1 saturated heterocycles. The Morgan fingerprint density at radius 2 is 1.89 bits per heavy atom. The Labute approximate surface area is 110 Å². The average Bonchev–Trinajstić information content (AvgIpc) is 3.12. The zero-order chi connectivity index (χ0) is 13.1. The van der Waals surface area contributed by atoms with E-state index in [2.05, 4.69) is 24.1 Å². The second kappa shape index (κ2) is 6.02. The Morgan fingerprint density at radius 3 is 2.33 bits per heavy atom. The van der Waals surface area contributed by atoms with Crippen LogP contribution < -0.4 is 5.32 Å². The standard InChI is InChI=1S/C14H26N2O2/c1-10(2)11-5-7-16(8-6-11)9-13(14(17)18)15-12-3-4-12/h10-13,15H,3-9H2,1-2H3,(H,17,18). The molecule has 1 aliphatic heterocycles. The largest absolute Gasteiger partial charge is 0.480 e. The smallest absolute Gasteiger partial charge is 0.322 e. The predicted octanol–water partition coefficient (Wildman–Crippen LogP) is 1.56. The maximum absolute atomic E-state index is 11.2. The van der Waals surface area contributed by atoms with Gasteiger partial charge in [-0.15, -0.1) is 0 Å². The molecule has 2 N–H and O–H groups in total. The first-order chi connectivity index (χ1) is 8.56. The lowest BCUT2D eigenvalue weighted by Gasteiger charge is -2.35. The van der Waals surface area contributed by atoms with Gasteiger partial charge in [-0.25, -0.2) is 0 Å². The van der Waals surface area contributed by atoms with Crippen LogP contribution >= 0.6 is 0 Å². The van der Waals surface area contributed by atoms with Gasteiger partial charge in [-0.05, 0) is 50.6 Å². The monoisotopic (exact) mass is 254 g/mol. The second-order valence-electron chi connectivity index (χ2n) is 6.21. The lowest BCUT2D eigenvalue weighted by Crippen LogP contribution is -2.49. The first-order valence-electron chi connectivity index (χ1n) is 7.27. The van der Waals surface area contributed by atoms with E-state index < -0.39 is 5.97 Å². The summed E-state index contributed by atoms with van der Waals surface area (Å²) in [5.74, 6) is 0.876. The molecular formula is C14H26N2O2. The summed E-state index contributed by atoms with van der Waals surface area (Å²) in [4.78, 5) is 13.5. The highest BCUT2D eigenvalue weighted by Crippen LogP contribution is 2.25. The third-order valence-electron chi connectivity index (χ3n) is 4.33. The number of hydrogen-bond acceptors (Lipinski definition) is 3. The van der Waals surface area contributed by atoms with Crippen molar-refractivity contribution in [2.75, 3.05) is 19.6 Å². The number of carbonyl (C=O) groups is 1. The number of aliphatic carboxylic acids is 1. The van der Waals surface area contributed by atoms with E-state index in [0.717, 1.165) is 37.8 Å². The molecule has 4 nitrogen and oxygen atoms in total. The van der Waals surface area contributed by atoms with Crippen LogP contribution in [0.1, 0.15) is 39.5 Å². The summed E-state index contributed by atoms with van der Waals surface area (Å²) in [7, 11) is 0. The molecule has 1 unspecified atom stereocenters. The Morgan fingerprint density at radius 1 is 1.28 bits per heavy atom. The maximum atomic E-state index is 11.2. The second-order valence-corrected chi connectivity index (χ2v) is 6.21. The van der Waals surface area contributed by atoms with Gasteiger partial charge in [0.1, 0.15) is 6.04 Å². The number of likely N-dealkylation sites (tertiary alicyclic amines) is 1. The van der Waals surface area contributed by atoms with Crippen molar-refractivity contribution in [2.24, 2.45) is 11.8 Å². The van der Waals surface area contributed by atoms with Crippen LogP contribution in [0.3, 0.4) is 0 Å². The van der Waals surface area contributed by atoms with Gasteiger partial charge >= 0.3 is 5.97 Å². The van der Waals surface area contributed by atoms with E-state index in [1.54, 1.807) is 0 Å². The van der Waals surface area contributed by atoms with Crippen LogP contribution in [0.25, 0.3) is 0 Å². The molecule has 1 aliphatic carbocycles. The summed E-state index contributed by atoms with van der Waals surface area (Å²) in [6.45, 7) is 7.35. The summed E-state index contributed by atoms with van der Waals surface area (Å²) in [6.07, 6.45) is 4.71. The van der Waals surface area contributed by atoms with E-state index in [1.165, 1.54) is 12.8 Å². The molecule has 0 aromatic carbocycles. The Bertz CT molecular complexity index is 282. The van der Waals surface area contributed by atoms with Crippen LogP contribution in [-0.2, 0) is 4.79 Å². The number of nitrogens with one attached hydrogen (secondary N) is 1. The van der Waals surface area contributed by atoms with Crippen molar-refractivity contribution < 1.29 is 9.90 Å². The van der Waals surface area contributed by atoms with Gasteiger partial charge in [0.05, 0.1) is 0 Å². The van der Waals surface area contributed by atoms with Gasteiger partial charge in [0.15, 0.2) is 0 Å². The molecule has 0 aromatic heterocycles. The molecule has 18 heavy (non-hydrogen) atoms. The highest BCUT2D eigenvalue weighted by Gasteiger charge is 2.30. The maximum Gasteiger partial charge on any atom is 0.322 e. The number of hydrogen-bond donors (Lipinski definition) is 2. The molecule has 0 radical (unpaired) electrons. The number of carboxylic acids is 1. The van der Waals surface area contributed by atoms with Crippen molar-refractivity contribution in [2.45, 2.75) is 51.6 Å². The fourth-order valence-electron chi connectivity index (χ4n) is 2.80. The van der Waals surface area contributed by atoms with E-state index in [1.807, 2.05) is 0 Å². The van der Waals surface area contributed by atoms with Crippen LogP contribution in [0.2, 0.25) is 0 Å². The molecule has 2 fully saturated rings. The predicted molar refractivity (Wildman–Crippen MR) is 71.6 cm³/mol. The molecule has 2 rings (SSSR count). The van der Waals surface area contributed by atoms with Gasteiger partial charge in [-0.2, -0.15) is 0 Å². The minimum atomic E-state index is -0.701. The number of piperidine rings is 1. The fraction of sp³-hybridized carbons (Fsp3) is 0.929. The Balaban J connectivity index is 1.76. The zero-order valence-corrected chi connectivity index (χ0v) is 11.6. The van der Waals surface area contributed by atoms with Gasteiger partial charge < -0.3 is 15.3 Å². The SMILES string of the molecule is CC(C)C1CCN(CC(NC2CC2)C(=O)O)CC1. The quantitative estimate of drug-likeness (QED) is 0.755. The molecule has 1 heterocycles. The summed E-state index contributed by atoms with van der Waals surface area (Å²) >= 11 is 0. The van der Waals surface area contributed by atoms with Crippen molar-refractivity contribution in [3.05, 3.63) is 0 Å². The molecule has 104 valence electrons. The van der Waals surface area contributed by atoms with Gasteiger partial charge in [-0.3, -0.25) is 4.79 Å². The zero-order valence-electron chi connectivity index (χ0n) is 11.6. The Kier molecular flexibility index (Phi) is 4.62. The fourth-order valence-corrected chi connectivity index (χ4v) is 2.80. The molecule has 1 atom stereocenters. The first kappa shape index (κ1) is 13.8. The van der Waals surface area contributed by atoms with Crippen molar-refractivity contribution >= 4 is 5.97 Å². The minimum absolute atomic E-state index is 0.381. The van der Waals surface area contributed by atoms with Crippen molar-refractivity contribution in [1.29, 1.82) is 0 Å². The van der Waals surface area contributed by atoms with Crippen LogP contribution in [-0.4, -0.2) is 47.7 Å². The lowest BCUT2D eigenvalue weighted by atomic mass is 9.86. The third kappa shape index (κ3) is 3.95. The molecule has 0 bridgehead atoms. The van der Waals surface area contributed by atoms with Crippen LogP contribution in [0.5, 0.6) is 0 Å². The summed E-state index contributed by atoms with van der Waals surface area (Å²) in [5, 5.41) is 12.5. The van der Waals surface area contributed by atoms with Gasteiger partial charge in [-0.1, -0.05) is 13.8 Å². The topological polar surface area (TPSA) is 52.6 Å². The van der Waals surface area contributed by atoms with E-state index in [-0.39, 0.29) is 6.04 Å². The molecule has 0 amide bonds. The lowest BCUT2D eigenvalue weighted by molar-refractivity contribution is -0.140. The van der Waals surface area contributed by atoms with E-state index in [0.29, 0.717) is 12.6 Å². The Hall–Kier alpha value is -0.610. The van der Waals surface area contributed by atoms with Crippen molar-refractivity contribution in [3.63, 3.8) is 0 Å². The van der Waals surface area contributed by atoms with Crippen LogP contribution in [0.15, 0.2) is 0 Å². The van der Waals surface area contributed by atoms with E-state index in [9.17, 15) is 9.90 Å². The third-order valence-corrected chi connectivity index (χ3v) is 4.33. The summed E-state index contributed by atoms with van der Waals surface area (Å²) in [6, 6.07) is 0.0763. The molecular weight excluding hydrogens is 228 g/mol. The molecule has 0 aromatic rings. The van der Waals surface area contributed by atoms with Crippen molar-refractivity contribution in [1.82, 2.24) is 10.2 Å². The minimum Gasteiger partial charge on any atom is -0.480 e. The highest BCUT2D eigenvalue weighted by atomic mass is 16.4. The molecule has 1 saturated carbocycles. The molecule has 2 aliphatic rings. The highest BCUT2D eigenvalue weighted by molar-refractivity contribution is 5.73. The number of nitrogens with zero attached hydrogens (tertiary/aromatic N) is 1. The van der Waals surface area contributed by atoms with Crippen LogP contribution in [0, 0.1) is 11.8 Å². The number of rotatable bonds is 6. The van der Waals surface area contributed by atoms with Gasteiger partial charge in [0.25, 0.3) is 0 Å². The number of carboxylic acid groups (broad SMARTS) is 1. The van der Waals surface area contributed by atoms with E-state index >= 15 is 0 Å². The first-order valence-corrected chi connectivity index (χ1v) is 7.27. The summed E-state index contributed by atoms with van der Waals surface area (Å²) < 4.78 is 0. The average molecular weight is 254 g/mol.